The summed E-state index contributed by atoms with van der Waals surface area (Å²) in [7, 11) is 0. The molecule has 2 aromatic carbocycles. The Hall–Kier alpha value is -3.88. The summed E-state index contributed by atoms with van der Waals surface area (Å²) >= 11 is 0. The highest BCUT2D eigenvalue weighted by atomic mass is 19.1. The van der Waals surface area contributed by atoms with Gasteiger partial charge in [-0.1, -0.05) is 12.1 Å². The molecule has 0 saturated carbocycles. The summed E-state index contributed by atoms with van der Waals surface area (Å²) in [6.07, 6.45) is 2.72. The average molecular weight is 410 g/mol. The summed E-state index contributed by atoms with van der Waals surface area (Å²) in [4.78, 5) is 12.1. The van der Waals surface area contributed by atoms with Gasteiger partial charge in [-0.05, 0) is 36.2 Å². The first kappa shape index (κ1) is 19.4. The Kier molecular flexibility index (Phi) is 4.86. The topological polar surface area (TPSA) is 103 Å². The molecule has 0 aliphatic heterocycles. The Morgan fingerprint density at radius 3 is 2.43 bits per heavy atom. The van der Waals surface area contributed by atoms with Crippen LogP contribution in [0.1, 0.15) is 18.5 Å². The maximum Gasteiger partial charge on any atom is 0.155 e. The predicted molar refractivity (Wildman–Crippen MR) is 110 cm³/mol. The number of fused-ring (bicyclic) bond motifs is 1. The fourth-order valence-electron chi connectivity index (χ4n) is 3.36. The van der Waals surface area contributed by atoms with Crippen LogP contribution in [0, 0.1) is 17.5 Å². The molecule has 1 atom stereocenters. The number of hydrogen-bond acceptors (Lipinski definition) is 6. The quantitative estimate of drug-likeness (QED) is 0.459. The second kappa shape index (κ2) is 7.51. The summed E-state index contributed by atoms with van der Waals surface area (Å²) in [6, 6.07) is 7.13. The molecular weight excluding hydrogens is 393 g/mol. The van der Waals surface area contributed by atoms with Gasteiger partial charge in [0.25, 0.3) is 0 Å². The van der Waals surface area contributed by atoms with Crippen molar-refractivity contribution in [1.82, 2.24) is 15.0 Å². The van der Waals surface area contributed by atoms with Crippen molar-refractivity contribution in [1.29, 1.82) is 0 Å². The molecule has 0 bridgehead atoms. The molecule has 30 heavy (non-hydrogen) atoms. The first-order valence-electron chi connectivity index (χ1n) is 9.01. The van der Waals surface area contributed by atoms with Gasteiger partial charge < -0.3 is 16.8 Å². The van der Waals surface area contributed by atoms with E-state index in [2.05, 4.69) is 20.3 Å². The minimum atomic E-state index is -0.745. The van der Waals surface area contributed by atoms with Gasteiger partial charge in [-0.3, -0.25) is 4.98 Å². The molecule has 4 aromatic rings. The molecule has 0 amide bonds. The van der Waals surface area contributed by atoms with E-state index >= 15 is 0 Å². The second-order valence-corrected chi connectivity index (χ2v) is 6.77. The molecule has 0 radical (unpaired) electrons. The van der Waals surface area contributed by atoms with Gasteiger partial charge in [-0.15, -0.1) is 0 Å². The lowest BCUT2D eigenvalue weighted by Crippen LogP contribution is -2.13. The summed E-state index contributed by atoms with van der Waals surface area (Å²) < 4.78 is 42.3. The Morgan fingerprint density at radius 2 is 1.70 bits per heavy atom. The van der Waals surface area contributed by atoms with E-state index in [9.17, 15) is 13.2 Å². The van der Waals surface area contributed by atoms with E-state index in [4.69, 9.17) is 11.5 Å². The van der Waals surface area contributed by atoms with Crippen molar-refractivity contribution in [3.63, 3.8) is 0 Å². The van der Waals surface area contributed by atoms with Gasteiger partial charge in [0.1, 0.15) is 35.0 Å². The molecule has 0 saturated heterocycles. The van der Waals surface area contributed by atoms with Gasteiger partial charge in [-0.2, -0.15) is 0 Å². The third kappa shape index (κ3) is 3.45. The third-order valence-electron chi connectivity index (χ3n) is 4.76. The zero-order valence-corrected chi connectivity index (χ0v) is 15.8. The number of pyridine rings is 1. The average Bonchev–Trinajstić information content (AvgIpc) is 2.70. The highest BCUT2D eigenvalue weighted by Gasteiger charge is 2.20. The fourth-order valence-corrected chi connectivity index (χ4v) is 3.36. The highest BCUT2D eigenvalue weighted by Crippen LogP contribution is 2.37. The number of nitrogen functional groups attached to an aromatic ring is 2. The van der Waals surface area contributed by atoms with Crippen LogP contribution in [-0.2, 0) is 0 Å². The summed E-state index contributed by atoms with van der Waals surface area (Å²) in [5, 5.41) is 3.53. The number of benzene rings is 2. The van der Waals surface area contributed by atoms with Gasteiger partial charge in [0.2, 0.25) is 0 Å². The number of aromatic nitrogens is 3. The first-order chi connectivity index (χ1) is 14.3. The molecular formula is C21H17F3N6. The lowest BCUT2D eigenvalue weighted by molar-refractivity contribution is 0.584. The molecule has 2 heterocycles. The normalized spacial score (nSPS) is 12.1. The van der Waals surface area contributed by atoms with Crippen molar-refractivity contribution in [3.05, 3.63) is 71.9 Å². The van der Waals surface area contributed by atoms with E-state index in [0.29, 0.717) is 22.3 Å². The number of para-hydroxylation sites is 1. The Morgan fingerprint density at radius 1 is 0.967 bits per heavy atom. The Bertz CT molecular complexity index is 1240. The molecule has 0 spiro atoms. The lowest BCUT2D eigenvalue weighted by Gasteiger charge is -2.21. The maximum absolute atomic E-state index is 14.3. The Balaban J connectivity index is 1.92. The number of nitrogens with zero attached hydrogens (tertiary/aromatic N) is 3. The SMILES string of the molecule is C[C@@H](Nc1ncnc(N)c1N)c1cnc2c(F)cccc2c1-c1cc(F)cc(F)c1. The molecule has 2 aromatic heterocycles. The maximum atomic E-state index is 14.3. The summed E-state index contributed by atoms with van der Waals surface area (Å²) in [5.74, 6) is -1.61. The molecule has 9 heteroatoms. The van der Waals surface area contributed by atoms with E-state index < -0.39 is 23.5 Å². The summed E-state index contributed by atoms with van der Waals surface area (Å²) in [6.45, 7) is 1.79. The molecule has 0 aliphatic carbocycles. The zero-order valence-electron chi connectivity index (χ0n) is 15.8. The molecule has 4 rings (SSSR count). The Labute approximate surface area is 169 Å². The number of hydrogen-bond donors (Lipinski definition) is 3. The van der Waals surface area contributed by atoms with E-state index in [1.165, 1.54) is 36.8 Å². The van der Waals surface area contributed by atoms with Crippen molar-refractivity contribution in [2.75, 3.05) is 16.8 Å². The van der Waals surface area contributed by atoms with Crippen LogP contribution < -0.4 is 16.8 Å². The van der Waals surface area contributed by atoms with Crippen molar-refractivity contribution < 1.29 is 13.2 Å². The van der Waals surface area contributed by atoms with Crippen LogP contribution in [0.15, 0.2) is 48.9 Å². The van der Waals surface area contributed by atoms with Crippen LogP contribution in [0.25, 0.3) is 22.0 Å². The van der Waals surface area contributed by atoms with Crippen molar-refractivity contribution in [3.8, 4) is 11.1 Å². The van der Waals surface area contributed by atoms with E-state index in [1.54, 1.807) is 13.0 Å². The van der Waals surface area contributed by atoms with Crippen LogP contribution in [0.5, 0.6) is 0 Å². The van der Waals surface area contributed by atoms with Crippen LogP contribution in [0.2, 0.25) is 0 Å². The predicted octanol–water partition coefficient (Wildman–Crippen LogP) is 4.45. The minimum absolute atomic E-state index is 0.0962. The highest BCUT2D eigenvalue weighted by molar-refractivity contribution is 5.96. The van der Waals surface area contributed by atoms with E-state index in [-0.39, 0.29) is 22.6 Å². The number of halogens is 3. The summed E-state index contributed by atoms with van der Waals surface area (Å²) in [5.41, 5.74) is 13.2. The second-order valence-electron chi connectivity index (χ2n) is 6.77. The van der Waals surface area contributed by atoms with E-state index in [1.807, 2.05) is 0 Å². The van der Waals surface area contributed by atoms with Crippen LogP contribution >= 0.6 is 0 Å². The minimum Gasteiger partial charge on any atom is -0.393 e. The lowest BCUT2D eigenvalue weighted by atomic mass is 9.93. The third-order valence-corrected chi connectivity index (χ3v) is 4.76. The van der Waals surface area contributed by atoms with Gasteiger partial charge >= 0.3 is 0 Å². The number of anilines is 3. The van der Waals surface area contributed by atoms with Gasteiger partial charge in [0.05, 0.1) is 6.04 Å². The van der Waals surface area contributed by atoms with E-state index in [0.717, 1.165) is 6.07 Å². The molecule has 0 unspecified atom stereocenters. The molecule has 152 valence electrons. The fraction of sp³-hybridized carbons (Fsp3) is 0.0952. The standard InChI is InChI=1S/C21H17F3N6/c1-10(30-21-18(25)20(26)28-9-29-21)15-8-27-19-14(3-2-4-16(19)24)17(15)11-5-12(22)7-13(23)6-11/h2-10H,25H2,1H3,(H3,26,28,29,30)/t10-/m1/s1. The molecule has 6 nitrogen and oxygen atoms in total. The molecule has 0 aliphatic rings. The number of nitrogens with one attached hydrogen (secondary N) is 1. The van der Waals surface area contributed by atoms with Crippen molar-refractivity contribution >= 4 is 28.2 Å². The first-order valence-corrected chi connectivity index (χ1v) is 9.01. The molecule has 5 N–H and O–H groups in total. The monoisotopic (exact) mass is 410 g/mol. The van der Waals surface area contributed by atoms with Crippen LogP contribution in [0.3, 0.4) is 0 Å². The largest absolute Gasteiger partial charge is 0.393 e. The number of rotatable bonds is 4. The van der Waals surface area contributed by atoms with Crippen LogP contribution in [0.4, 0.5) is 30.5 Å². The number of nitrogens with two attached hydrogens (primary N) is 2. The van der Waals surface area contributed by atoms with Crippen molar-refractivity contribution in [2.45, 2.75) is 13.0 Å². The van der Waals surface area contributed by atoms with Gasteiger partial charge in [0, 0.05) is 23.2 Å². The van der Waals surface area contributed by atoms with Gasteiger partial charge in [0.15, 0.2) is 11.6 Å². The van der Waals surface area contributed by atoms with Crippen molar-refractivity contribution in [2.24, 2.45) is 0 Å². The smallest absolute Gasteiger partial charge is 0.155 e. The zero-order chi connectivity index (χ0) is 21.4. The molecule has 0 fully saturated rings. The van der Waals surface area contributed by atoms with Gasteiger partial charge in [-0.25, -0.2) is 23.1 Å². The van der Waals surface area contributed by atoms with Crippen LogP contribution in [-0.4, -0.2) is 15.0 Å².